The summed E-state index contributed by atoms with van der Waals surface area (Å²) in [7, 11) is 1.64. The Labute approximate surface area is 108 Å². The normalized spacial score (nSPS) is 25.3. The van der Waals surface area contributed by atoms with E-state index >= 15 is 0 Å². The van der Waals surface area contributed by atoms with E-state index in [4.69, 9.17) is 4.74 Å². The second kappa shape index (κ2) is 6.42. The molecule has 0 radical (unpaired) electrons. The first-order valence-corrected chi connectivity index (χ1v) is 6.67. The van der Waals surface area contributed by atoms with Crippen LogP contribution in [0.15, 0.2) is 21.9 Å². The highest BCUT2D eigenvalue weighted by Crippen LogP contribution is 2.17. The first kappa shape index (κ1) is 12.9. The Kier molecular flexibility index (Phi) is 4.61. The van der Waals surface area contributed by atoms with Gasteiger partial charge >= 0.3 is 0 Å². The highest BCUT2D eigenvalue weighted by molar-refractivity contribution is 5.87. The fourth-order valence-electron chi connectivity index (χ4n) is 2.27. The standard InChI is InChI=1S/C13H22N4O/c1-3-14-13(15-10-7-5-4-6-8-10)17-11-9-12(16-11)18-2/h3,9-11,16H,4-8H2,1-2H3,(H,15,17). The zero-order chi connectivity index (χ0) is 12.8. The zero-order valence-corrected chi connectivity index (χ0v) is 11.1. The third kappa shape index (κ3) is 3.48. The molecule has 1 aliphatic carbocycles. The van der Waals surface area contributed by atoms with Crippen molar-refractivity contribution in [1.29, 1.82) is 0 Å². The monoisotopic (exact) mass is 250 g/mol. The third-order valence-corrected chi connectivity index (χ3v) is 3.27. The topological polar surface area (TPSA) is 58.0 Å². The van der Waals surface area contributed by atoms with E-state index in [1.165, 1.54) is 32.1 Å². The maximum absolute atomic E-state index is 5.03. The van der Waals surface area contributed by atoms with Crippen LogP contribution in [-0.4, -0.2) is 31.5 Å². The van der Waals surface area contributed by atoms with E-state index in [0.29, 0.717) is 12.0 Å². The molecule has 2 aliphatic rings. The Hall–Kier alpha value is -1.52. The van der Waals surface area contributed by atoms with Crippen molar-refractivity contribution in [3.05, 3.63) is 12.0 Å². The minimum Gasteiger partial charge on any atom is -0.483 e. The molecule has 0 amide bonds. The molecule has 0 aromatic rings. The number of methoxy groups -OCH3 is 1. The molecule has 5 heteroatoms. The molecular weight excluding hydrogens is 228 g/mol. The maximum Gasteiger partial charge on any atom is 0.220 e. The van der Waals surface area contributed by atoms with Gasteiger partial charge in [-0.2, -0.15) is 0 Å². The van der Waals surface area contributed by atoms with Gasteiger partial charge in [0.05, 0.1) is 7.11 Å². The summed E-state index contributed by atoms with van der Waals surface area (Å²) in [4.78, 5) is 8.80. The summed E-state index contributed by atoms with van der Waals surface area (Å²) in [6.45, 7) is 1.91. The molecule has 1 unspecified atom stereocenters. The van der Waals surface area contributed by atoms with Crippen LogP contribution in [0.25, 0.3) is 0 Å². The van der Waals surface area contributed by atoms with Crippen molar-refractivity contribution >= 4 is 12.2 Å². The Morgan fingerprint density at radius 3 is 2.78 bits per heavy atom. The van der Waals surface area contributed by atoms with E-state index in [2.05, 4.69) is 20.6 Å². The third-order valence-electron chi connectivity index (χ3n) is 3.27. The Morgan fingerprint density at radius 2 is 2.17 bits per heavy atom. The summed E-state index contributed by atoms with van der Waals surface area (Å²) in [6, 6.07) is 0.521. The van der Waals surface area contributed by atoms with Crippen molar-refractivity contribution in [3.63, 3.8) is 0 Å². The lowest BCUT2D eigenvalue weighted by atomic mass is 9.96. The van der Waals surface area contributed by atoms with Crippen LogP contribution in [-0.2, 0) is 4.74 Å². The Bertz CT molecular complexity index is 356. The molecule has 100 valence electrons. The summed E-state index contributed by atoms with van der Waals surface area (Å²) in [5.41, 5.74) is 0. The number of nitrogens with zero attached hydrogens (tertiary/aromatic N) is 2. The van der Waals surface area contributed by atoms with Crippen molar-refractivity contribution in [2.75, 3.05) is 7.11 Å². The predicted molar refractivity (Wildman–Crippen MR) is 73.6 cm³/mol. The molecule has 2 N–H and O–H groups in total. The molecule has 0 saturated heterocycles. The maximum atomic E-state index is 5.03. The Balaban J connectivity index is 1.91. The zero-order valence-electron chi connectivity index (χ0n) is 11.1. The summed E-state index contributed by atoms with van der Waals surface area (Å²) in [6.07, 6.45) is 10.1. The van der Waals surface area contributed by atoms with Gasteiger partial charge in [0.2, 0.25) is 5.96 Å². The van der Waals surface area contributed by atoms with Gasteiger partial charge in [0.25, 0.3) is 0 Å². The second-order valence-electron chi connectivity index (χ2n) is 4.64. The molecule has 1 atom stereocenters. The molecular formula is C13H22N4O. The summed E-state index contributed by atoms with van der Waals surface area (Å²) in [5, 5.41) is 6.52. The van der Waals surface area contributed by atoms with E-state index in [0.717, 1.165) is 5.88 Å². The van der Waals surface area contributed by atoms with E-state index in [1.807, 2.05) is 13.0 Å². The van der Waals surface area contributed by atoms with Crippen molar-refractivity contribution in [1.82, 2.24) is 10.6 Å². The van der Waals surface area contributed by atoms with Crippen LogP contribution in [0.1, 0.15) is 39.0 Å². The number of rotatable bonds is 3. The minimum atomic E-state index is -0.0188. The lowest BCUT2D eigenvalue weighted by Gasteiger charge is -2.26. The first-order chi connectivity index (χ1) is 8.81. The van der Waals surface area contributed by atoms with Crippen LogP contribution in [0.3, 0.4) is 0 Å². The highest BCUT2D eigenvalue weighted by atomic mass is 16.5. The largest absolute Gasteiger partial charge is 0.483 e. The van der Waals surface area contributed by atoms with E-state index < -0.39 is 0 Å². The molecule has 2 rings (SSSR count). The van der Waals surface area contributed by atoms with Gasteiger partial charge in [-0.05, 0) is 19.8 Å². The quantitative estimate of drug-likeness (QED) is 0.593. The van der Waals surface area contributed by atoms with Crippen LogP contribution in [0.5, 0.6) is 0 Å². The van der Waals surface area contributed by atoms with E-state index in [1.54, 1.807) is 13.3 Å². The average Bonchev–Trinajstić information content (AvgIpc) is 2.34. The van der Waals surface area contributed by atoms with Gasteiger partial charge in [-0.1, -0.05) is 19.3 Å². The Morgan fingerprint density at radius 1 is 1.44 bits per heavy atom. The van der Waals surface area contributed by atoms with Gasteiger partial charge in [-0.15, -0.1) is 0 Å². The van der Waals surface area contributed by atoms with Gasteiger partial charge < -0.3 is 15.4 Å². The highest BCUT2D eigenvalue weighted by Gasteiger charge is 2.19. The molecule has 0 aromatic carbocycles. The molecule has 1 saturated carbocycles. The van der Waals surface area contributed by atoms with Crippen molar-refractivity contribution in [2.45, 2.75) is 51.2 Å². The average molecular weight is 250 g/mol. The van der Waals surface area contributed by atoms with E-state index in [9.17, 15) is 0 Å². The molecule has 0 aromatic heterocycles. The minimum absolute atomic E-state index is 0.0188. The summed E-state index contributed by atoms with van der Waals surface area (Å²) < 4.78 is 5.03. The summed E-state index contributed by atoms with van der Waals surface area (Å²) >= 11 is 0. The lowest BCUT2D eigenvalue weighted by molar-refractivity contribution is 0.229. The number of hydrogen-bond donors (Lipinski definition) is 2. The SMILES string of the molecule is CC=NC(=NC1C=C(OC)N1)NC1CCCCC1. The molecule has 1 heterocycles. The van der Waals surface area contributed by atoms with Gasteiger partial charge in [0, 0.05) is 18.3 Å². The molecule has 1 aliphatic heterocycles. The second-order valence-corrected chi connectivity index (χ2v) is 4.64. The number of hydrogen-bond acceptors (Lipinski definition) is 3. The fraction of sp³-hybridized carbons (Fsp3) is 0.692. The van der Waals surface area contributed by atoms with Gasteiger partial charge in [0.15, 0.2) is 5.88 Å². The van der Waals surface area contributed by atoms with E-state index in [-0.39, 0.29) is 6.17 Å². The van der Waals surface area contributed by atoms with Crippen molar-refractivity contribution in [2.24, 2.45) is 9.98 Å². The molecule has 0 bridgehead atoms. The van der Waals surface area contributed by atoms with Gasteiger partial charge in [-0.25, -0.2) is 9.98 Å². The predicted octanol–water partition coefficient (Wildman–Crippen LogP) is 1.77. The first-order valence-electron chi connectivity index (χ1n) is 6.67. The van der Waals surface area contributed by atoms with Crippen LogP contribution in [0.4, 0.5) is 0 Å². The fourth-order valence-corrected chi connectivity index (χ4v) is 2.27. The molecule has 1 fully saturated rings. The number of ether oxygens (including phenoxy) is 1. The van der Waals surface area contributed by atoms with Crippen LogP contribution in [0, 0.1) is 0 Å². The van der Waals surface area contributed by atoms with Crippen LogP contribution in [0.2, 0.25) is 0 Å². The number of nitrogens with one attached hydrogen (secondary N) is 2. The van der Waals surface area contributed by atoms with Crippen LogP contribution >= 0.6 is 0 Å². The van der Waals surface area contributed by atoms with Crippen LogP contribution < -0.4 is 10.6 Å². The lowest BCUT2D eigenvalue weighted by Crippen LogP contribution is -2.40. The molecule has 0 spiro atoms. The van der Waals surface area contributed by atoms with Crippen molar-refractivity contribution in [3.8, 4) is 0 Å². The van der Waals surface area contributed by atoms with Gasteiger partial charge in [0.1, 0.15) is 6.17 Å². The molecule has 18 heavy (non-hydrogen) atoms. The van der Waals surface area contributed by atoms with Gasteiger partial charge in [-0.3, -0.25) is 0 Å². The molecule has 5 nitrogen and oxygen atoms in total. The summed E-state index contributed by atoms with van der Waals surface area (Å²) in [5.74, 6) is 1.49. The number of aliphatic imine (C=N–C) groups is 2. The van der Waals surface area contributed by atoms with Crippen molar-refractivity contribution < 1.29 is 4.74 Å². The smallest absolute Gasteiger partial charge is 0.220 e. The number of guanidine groups is 1.